The molecule has 0 aliphatic carbocycles. The van der Waals surface area contributed by atoms with Crippen molar-refractivity contribution in [2.45, 2.75) is 20.3 Å². The number of hydrogen-bond acceptors (Lipinski definition) is 8. The van der Waals surface area contributed by atoms with Crippen molar-refractivity contribution >= 4 is 44.5 Å². The molecule has 0 spiro atoms. The minimum absolute atomic E-state index is 0.121. The van der Waals surface area contributed by atoms with Crippen LogP contribution in [0.15, 0.2) is 30.6 Å². The van der Waals surface area contributed by atoms with Gasteiger partial charge in [-0.2, -0.15) is 5.26 Å². The lowest BCUT2D eigenvalue weighted by Gasteiger charge is -2.07. The molecule has 0 fully saturated rings. The normalized spacial score (nSPS) is 10.8. The highest BCUT2D eigenvalue weighted by molar-refractivity contribution is 7.20. The maximum atomic E-state index is 14.0. The zero-order valence-corrected chi connectivity index (χ0v) is 19.4. The second-order valence-corrected chi connectivity index (χ2v) is 9.20. The monoisotopic (exact) mass is 482 g/mol. The first-order valence-electron chi connectivity index (χ1n) is 10.1. The molecule has 0 atom stereocenters. The van der Waals surface area contributed by atoms with Crippen LogP contribution < -0.4 is 10.1 Å². The van der Waals surface area contributed by atoms with Gasteiger partial charge < -0.3 is 15.2 Å². The van der Waals surface area contributed by atoms with Crippen molar-refractivity contribution in [2.75, 3.05) is 18.5 Å². The van der Waals surface area contributed by atoms with E-state index in [1.54, 1.807) is 19.1 Å². The number of carboxylic acids is 1. The number of aromatic carboxylic acids is 1. The highest BCUT2D eigenvalue weighted by Gasteiger charge is 2.19. The smallest absolute Gasteiger partial charge is 0.349 e. The van der Waals surface area contributed by atoms with Crippen LogP contribution in [0.4, 0.5) is 10.2 Å². The first kappa shape index (κ1) is 22.6. The van der Waals surface area contributed by atoms with Gasteiger partial charge in [-0.1, -0.05) is 0 Å². The Kier molecular flexibility index (Phi) is 6.53. The van der Waals surface area contributed by atoms with Gasteiger partial charge in [0, 0.05) is 28.8 Å². The Morgan fingerprint density at radius 1 is 1.27 bits per heavy atom. The standard InChI is InChI=1S/C23H19FN4O3S2/c1-3-31-17-9-18(32-22(17)23(29)30)16-8-20(28-11-27-16)26-5-4-14-15-7-13(24)6-12(2)21(15)33-19(14)10-25/h6-9,11H,3-5H2,1-2H3,(H,29,30)(H,26,27,28). The largest absolute Gasteiger partial charge is 0.492 e. The fourth-order valence-corrected chi connectivity index (χ4v) is 5.54. The van der Waals surface area contributed by atoms with Gasteiger partial charge in [0.1, 0.15) is 34.7 Å². The fraction of sp³-hybridized carbons (Fsp3) is 0.217. The fourth-order valence-electron chi connectivity index (χ4n) is 3.53. The van der Waals surface area contributed by atoms with Crippen LogP contribution in [0.1, 0.15) is 32.6 Å². The lowest BCUT2D eigenvalue weighted by atomic mass is 10.1. The molecule has 1 aromatic carbocycles. The summed E-state index contributed by atoms with van der Waals surface area (Å²) in [5.74, 6) is -0.497. The van der Waals surface area contributed by atoms with Crippen molar-refractivity contribution < 1.29 is 19.0 Å². The predicted molar refractivity (Wildman–Crippen MR) is 127 cm³/mol. The SMILES string of the molecule is CCOc1cc(-c2cc(NCCc3c(C#N)sc4c(C)cc(F)cc34)ncn2)sc1C(=O)O. The molecule has 0 aliphatic heterocycles. The number of aromatic nitrogens is 2. The van der Waals surface area contributed by atoms with E-state index >= 15 is 0 Å². The lowest BCUT2D eigenvalue weighted by Crippen LogP contribution is -2.07. The molecule has 0 unspecified atom stereocenters. The summed E-state index contributed by atoms with van der Waals surface area (Å²) >= 11 is 2.46. The van der Waals surface area contributed by atoms with E-state index in [9.17, 15) is 19.6 Å². The molecule has 0 saturated carbocycles. The summed E-state index contributed by atoms with van der Waals surface area (Å²) in [5.41, 5.74) is 2.20. The number of hydrogen-bond donors (Lipinski definition) is 2. The number of thiophene rings is 2. The summed E-state index contributed by atoms with van der Waals surface area (Å²) in [6.45, 7) is 4.46. The van der Waals surface area contributed by atoms with E-state index in [0.717, 1.165) is 32.5 Å². The second kappa shape index (κ2) is 9.52. The molecular formula is C23H19FN4O3S2. The quantitative estimate of drug-likeness (QED) is 0.342. The summed E-state index contributed by atoms with van der Waals surface area (Å²) in [6.07, 6.45) is 1.92. The third-order valence-corrected chi connectivity index (χ3v) is 7.35. The molecule has 2 N–H and O–H groups in total. The molecule has 3 heterocycles. The van der Waals surface area contributed by atoms with Crippen LogP contribution in [0.5, 0.6) is 5.75 Å². The molecule has 0 aliphatic rings. The van der Waals surface area contributed by atoms with Gasteiger partial charge in [0.05, 0.1) is 17.2 Å². The number of benzene rings is 1. The summed E-state index contributed by atoms with van der Waals surface area (Å²) in [4.78, 5) is 21.3. The Morgan fingerprint density at radius 2 is 2.09 bits per heavy atom. The van der Waals surface area contributed by atoms with Gasteiger partial charge in [-0.3, -0.25) is 0 Å². The zero-order chi connectivity index (χ0) is 23.5. The van der Waals surface area contributed by atoms with Crippen molar-refractivity contribution in [2.24, 2.45) is 0 Å². The number of aryl methyl sites for hydroxylation is 1. The minimum Gasteiger partial charge on any atom is -0.492 e. The van der Waals surface area contributed by atoms with E-state index < -0.39 is 5.97 Å². The third-order valence-electron chi connectivity index (χ3n) is 4.94. The molecule has 0 saturated heterocycles. The highest BCUT2D eigenvalue weighted by atomic mass is 32.1. The molecule has 0 amide bonds. The van der Waals surface area contributed by atoms with E-state index in [-0.39, 0.29) is 10.7 Å². The van der Waals surface area contributed by atoms with Gasteiger partial charge in [-0.25, -0.2) is 19.2 Å². The van der Waals surface area contributed by atoms with E-state index in [1.807, 2.05) is 6.92 Å². The number of fused-ring (bicyclic) bond motifs is 1. The molecule has 0 bridgehead atoms. The van der Waals surface area contributed by atoms with E-state index in [4.69, 9.17) is 4.74 Å². The van der Waals surface area contributed by atoms with Gasteiger partial charge in [0.2, 0.25) is 0 Å². The van der Waals surface area contributed by atoms with Crippen molar-refractivity contribution in [3.05, 3.63) is 57.3 Å². The molecule has 3 aromatic heterocycles. The van der Waals surface area contributed by atoms with Crippen LogP contribution in [-0.4, -0.2) is 34.2 Å². The van der Waals surface area contributed by atoms with Gasteiger partial charge in [-0.05, 0) is 43.5 Å². The Balaban J connectivity index is 1.54. The number of halogens is 1. The number of carboxylic acid groups (broad SMARTS) is 1. The molecule has 4 aromatic rings. The summed E-state index contributed by atoms with van der Waals surface area (Å²) < 4.78 is 20.3. The Morgan fingerprint density at radius 3 is 2.82 bits per heavy atom. The number of nitriles is 1. The van der Waals surface area contributed by atoms with Crippen LogP contribution in [0.2, 0.25) is 0 Å². The van der Waals surface area contributed by atoms with Crippen LogP contribution in [0.25, 0.3) is 20.7 Å². The topological polar surface area (TPSA) is 108 Å². The third kappa shape index (κ3) is 4.65. The lowest BCUT2D eigenvalue weighted by molar-refractivity contribution is 0.0698. The van der Waals surface area contributed by atoms with Crippen molar-refractivity contribution in [3.8, 4) is 22.4 Å². The first-order chi connectivity index (χ1) is 15.9. The van der Waals surface area contributed by atoms with Crippen LogP contribution >= 0.6 is 22.7 Å². The van der Waals surface area contributed by atoms with Gasteiger partial charge in [0.15, 0.2) is 4.88 Å². The number of nitrogens with zero attached hydrogens (tertiary/aromatic N) is 3. The zero-order valence-electron chi connectivity index (χ0n) is 17.8. The summed E-state index contributed by atoms with van der Waals surface area (Å²) in [6, 6.07) is 8.57. The van der Waals surface area contributed by atoms with E-state index in [2.05, 4.69) is 21.4 Å². The van der Waals surface area contributed by atoms with Gasteiger partial charge in [-0.15, -0.1) is 22.7 Å². The van der Waals surface area contributed by atoms with Gasteiger partial charge >= 0.3 is 5.97 Å². The molecular weight excluding hydrogens is 463 g/mol. The van der Waals surface area contributed by atoms with E-state index in [0.29, 0.717) is 46.6 Å². The van der Waals surface area contributed by atoms with E-state index in [1.165, 1.54) is 29.8 Å². The Labute approximate surface area is 197 Å². The predicted octanol–water partition coefficient (Wildman–Crippen LogP) is 5.49. The van der Waals surface area contributed by atoms with Gasteiger partial charge in [0.25, 0.3) is 0 Å². The molecule has 7 nitrogen and oxygen atoms in total. The molecule has 33 heavy (non-hydrogen) atoms. The maximum Gasteiger partial charge on any atom is 0.349 e. The summed E-state index contributed by atoms with van der Waals surface area (Å²) in [7, 11) is 0. The van der Waals surface area contributed by atoms with Crippen molar-refractivity contribution in [1.29, 1.82) is 5.26 Å². The molecule has 4 rings (SSSR count). The summed E-state index contributed by atoms with van der Waals surface area (Å²) in [5, 5.41) is 22.9. The number of nitrogens with one attached hydrogen (secondary N) is 1. The van der Waals surface area contributed by atoms with Crippen LogP contribution in [-0.2, 0) is 6.42 Å². The van der Waals surface area contributed by atoms with Crippen molar-refractivity contribution in [3.63, 3.8) is 0 Å². The molecule has 0 radical (unpaired) electrons. The maximum absolute atomic E-state index is 14.0. The number of anilines is 1. The minimum atomic E-state index is -1.05. The average Bonchev–Trinajstić information content (AvgIpc) is 3.36. The Bertz CT molecular complexity index is 1390. The number of ether oxygens (including phenoxy) is 1. The van der Waals surface area contributed by atoms with Crippen molar-refractivity contribution in [1.82, 2.24) is 9.97 Å². The average molecular weight is 483 g/mol. The second-order valence-electron chi connectivity index (χ2n) is 7.13. The number of rotatable bonds is 8. The Hall–Kier alpha value is -3.55. The first-order valence-corrected chi connectivity index (χ1v) is 11.7. The highest BCUT2D eigenvalue weighted by Crippen LogP contribution is 2.36. The van der Waals surface area contributed by atoms with Crippen LogP contribution in [0, 0.1) is 24.1 Å². The molecule has 168 valence electrons. The number of carbonyl (C=O) groups is 1. The molecule has 10 heteroatoms. The van der Waals surface area contributed by atoms with Crippen LogP contribution in [0.3, 0.4) is 0 Å².